The van der Waals surface area contributed by atoms with Crippen LogP contribution in [-0.4, -0.2) is 52.7 Å². The number of benzene rings is 2. The summed E-state index contributed by atoms with van der Waals surface area (Å²) in [5.74, 6) is 1.63. The Labute approximate surface area is 202 Å². The van der Waals surface area contributed by atoms with Crippen LogP contribution in [0.1, 0.15) is 24.3 Å². The van der Waals surface area contributed by atoms with Crippen molar-refractivity contribution in [3.8, 4) is 5.69 Å². The molecular formula is C25H27N5O3S. The maximum absolute atomic E-state index is 12.8. The molecule has 1 amide bonds. The van der Waals surface area contributed by atoms with Gasteiger partial charge in [-0.1, -0.05) is 42.1 Å². The molecule has 5 rings (SSSR count). The van der Waals surface area contributed by atoms with E-state index in [0.29, 0.717) is 18.4 Å². The first-order chi connectivity index (χ1) is 16.6. The number of rotatable bonds is 7. The third-order valence-corrected chi connectivity index (χ3v) is 6.68. The van der Waals surface area contributed by atoms with Crippen LogP contribution in [0.5, 0.6) is 0 Å². The Balaban J connectivity index is 1.31. The molecule has 1 unspecified atom stereocenters. The van der Waals surface area contributed by atoms with E-state index in [-0.39, 0.29) is 17.7 Å². The lowest BCUT2D eigenvalue weighted by Crippen LogP contribution is -2.37. The van der Waals surface area contributed by atoms with E-state index in [2.05, 4.69) is 39.5 Å². The van der Waals surface area contributed by atoms with Crippen molar-refractivity contribution in [1.29, 1.82) is 0 Å². The van der Waals surface area contributed by atoms with Crippen LogP contribution in [0.2, 0.25) is 0 Å². The van der Waals surface area contributed by atoms with E-state index in [4.69, 9.17) is 9.15 Å². The van der Waals surface area contributed by atoms with Crippen LogP contribution in [0.25, 0.3) is 16.7 Å². The van der Waals surface area contributed by atoms with Gasteiger partial charge in [0.2, 0.25) is 11.9 Å². The summed E-state index contributed by atoms with van der Waals surface area (Å²) in [5, 5.41) is 13.6. The smallest absolute Gasteiger partial charge is 0.232 e. The molecule has 1 N–H and O–H groups in total. The number of aryl methyl sites for hydroxylation is 1. The topological polar surface area (TPSA) is 85.4 Å². The summed E-state index contributed by atoms with van der Waals surface area (Å²) in [4.78, 5) is 14.9. The average Bonchev–Trinajstić information content (AvgIpc) is 3.48. The fourth-order valence-corrected chi connectivity index (χ4v) is 4.78. The molecule has 0 aliphatic carbocycles. The molecule has 0 radical (unpaired) electrons. The molecule has 1 aliphatic rings. The van der Waals surface area contributed by atoms with Gasteiger partial charge >= 0.3 is 0 Å². The molecule has 1 saturated heterocycles. The predicted molar refractivity (Wildman–Crippen MR) is 133 cm³/mol. The second-order valence-electron chi connectivity index (χ2n) is 8.32. The molecule has 8 nitrogen and oxygen atoms in total. The summed E-state index contributed by atoms with van der Waals surface area (Å²) in [7, 11) is 0. The van der Waals surface area contributed by atoms with Crippen molar-refractivity contribution in [3.63, 3.8) is 0 Å². The van der Waals surface area contributed by atoms with Crippen LogP contribution < -0.4 is 10.2 Å². The Morgan fingerprint density at radius 1 is 1.12 bits per heavy atom. The van der Waals surface area contributed by atoms with Gasteiger partial charge in [0.05, 0.1) is 30.7 Å². The summed E-state index contributed by atoms with van der Waals surface area (Å²) >= 11 is 1.37. The molecule has 1 atom stereocenters. The quantitative estimate of drug-likeness (QED) is 0.401. The maximum Gasteiger partial charge on any atom is 0.232 e. The molecule has 2 aromatic heterocycles. The van der Waals surface area contributed by atoms with Crippen LogP contribution in [-0.2, 0) is 9.53 Å². The normalized spacial score (nSPS) is 14.9. The molecule has 0 bridgehead atoms. The first-order valence-corrected chi connectivity index (χ1v) is 12.3. The largest absolute Gasteiger partial charge is 0.459 e. The summed E-state index contributed by atoms with van der Waals surface area (Å²) in [6, 6.07) is 17.8. The lowest BCUT2D eigenvalue weighted by atomic mass is 10.2. The van der Waals surface area contributed by atoms with E-state index in [0.717, 1.165) is 47.0 Å². The van der Waals surface area contributed by atoms with Gasteiger partial charge in [0, 0.05) is 18.5 Å². The van der Waals surface area contributed by atoms with Crippen molar-refractivity contribution in [2.24, 2.45) is 0 Å². The predicted octanol–water partition coefficient (Wildman–Crippen LogP) is 4.13. The maximum atomic E-state index is 12.8. The number of hydrogen-bond acceptors (Lipinski definition) is 7. The lowest BCUT2D eigenvalue weighted by Gasteiger charge is -2.28. The fraction of sp³-hybridized carbons (Fsp3) is 0.320. The Kier molecular flexibility index (Phi) is 6.55. The summed E-state index contributed by atoms with van der Waals surface area (Å²) in [6.07, 6.45) is 0. The van der Waals surface area contributed by atoms with Gasteiger partial charge in [0.1, 0.15) is 11.3 Å². The Morgan fingerprint density at radius 2 is 1.94 bits per heavy atom. The van der Waals surface area contributed by atoms with Gasteiger partial charge < -0.3 is 19.4 Å². The lowest BCUT2D eigenvalue weighted by molar-refractivity contribution is -0.119. The number of nitrogens with one attached hydrogen (secondary N) is 1. The molecule has 4 aromatic rings. The highest BCUT2D eigenvalue weighted by Gasteiger charge is 2.23. The Hall–Kier alpha value is -3.30. The van der Waals surface area contributed by atoms with Gasteiger partial charge in [-0.15, -0.1) is 10.2 Å². The highest BCUT2D eigenvalue weighted by atomic mass is 32.2. The van der Waals surface area contributed by atoms with E-state index >= 15 is 0 Å². The van der Waals surface area contributed by atoms with Crippen molar-refractivity contribution in [2.75, 3.05) is 37.0 Å². The van der Waals surface area contributed by atoms with Crippen molar-refractivity contribution in [3.05, 3.63) is 65.9 Å². The monoisotopic (exact) mass is 477 g/mol. The van der Waals surface area contributed by atoms with E-state index < -0.39 is 0 Å². The minimum Gasteiger partial charge on any atom is -0.459 e. The second-order valence-corrected chi connectivity index (χ2v) is 9.26. The van der Waals surface area contributed by atoms with Crippen LogP contribution in [0.15, 0.2) is 64.2 Å². The number of carbonyl (C=O) groups excluding carboxylic acids is 1. The first-order valence-electron chi connectivity index (χ1n) is 11.3. The van der Waals surface area contributed by atoms with Gasteiger partial charge in [-0.25, -0.2) is 0 Å². The van der Waals surface area contributed by atoms with E-state index in [9.17, 15) is 4.79 Å². The van der Waals surface area contributed by atoms with Crippen molar-refractivity contribution < 1.29 is 13.9 Å². The van der Waals surface area contributed by atoms with Crippen molar-refractivity contribution >= 4 is 34.6 Å². The average molecular weight is 478 g/mol. The van der Waals surface area contributed by atoms with Crippen LogP contribution in [0, 0.1) is 6.92 Å². The molecule has 2 aromatic carbocycles. The first kappa shape index (κ1) is 22.5. The van der Waals surface area contributed by atoms with E-state index in [1.54, 1.807) is 0 Å². The zero-order valence-corrected chi connectivity index (χ0v) is 20.0. The molecule has 176 valence electrons. The number of hydrogen-bond donors (Lipinski definition) is 1. The van der Waals surface area contributed by atoms with Gasteiger partial charge in [-0.2, -0.15) is 0 Å². The fourth-order valence-electron chi connectivity index (χ4n) is 4.02. The third kappa shape index (κ3) is 4.80. The number of ether oxygens (including phenoxy) is 1. The standard InChI is InChI=1S/C25H27N5O3S/c1-17-6-5-8-20(14-17)30-24(29-10-12-32-13-11-29)27-28-25(30)34-16-23(31)26-18(2)22-15-19-7-3-4-9-21(19)33-22/h3-9,14-15,18H,10-13,16H2,1-2H3,(H,26,31). The van der Waals surface area contributed by atoms with Crippen LogP contribution in [0.3, 0.4) is 0 Å². The molecule has 1 fully saturated rings. The minimum absolute atomic E-state index is 0.0929. The van der Waals surface area contributed by atoms with E-state index in [1.807, 2.05) is 54.0 Å². The SMILES string of the molecule is Cc1cccc(-n2c(SCC(=O)NC(C)c3cc4ccccc4o3)nnc2N2CCOCC2)c1. The summed E-state index contributed by atoms with van der Waals surface area (Å²) in [6.45, 7) is 6.80. The zero-order valence-electron chi connectivity index (χ0n) is 19.2. The summed E-state index contributed by atoms with van der Waals surface area (Å²) < 4.78 is 13.4. The number of carbonyl (C=O) groups is 1. The van der Waals surface area contributed by atoms with Gasteiger partial charge in [-0.05, 0) is 43.7 Å². The summed E-state index contributed by atoms with van der Waals surface area (Å²) in [5.41, 5.74) is 2.94. The van der Waals surface area contributed by atoms with Crippen LogP contribution >= 0.6 is 11.8 Å². The highest BCUT2D eigenvalue weighted by Crippen LogP contribution is 2.28. The zero-order chi connectivity index (χ0) is 23.5. The molecule has 0 saturated carbocycles. The number of morpholine rings is 1. The van der Waals surface area contributed by atoms with Gasteiger partial charge in [0.25, 0.3) is 0 Å². The van der Waals surface area contributed by atoms with Gasteiger partial charge in [-0.3, -0.25) is 9.36 Å². The van der Waals surface area contributed by atoms with Crippen molar-refractivity contribution in [1.82, 2.24) is 20.1 Å². The van der Waals surface area contributed by atoms with Gasteiger partial charge in [0.15, 0.2) is 5.16 Å². The number of fused-ring (bicyclic) bond motifs is 1. The Bertz CT molecular complexity index is 1260. The minimum atomic E-state index is -0.237. The number of furan rings is 1. The third-order valence-electron chi connectivity index (χ3n) is 5.75. The molecule has 3 heterocycles. The molecule has 34 heavy (non-hydrogen) atoms. The number of para-hydroxylation sites is 1. The highest BCUT2D eigenvalue weighted by molar-refractivity contribution is 7.99. The Morgan fingerprint density at radius 3 is 2.74 bits per heavy atom. The molecular weight excluding hydrogens is 450 g/mol. The number of nitrogens with zero attached hydrogens (tertiary/aromatic N) is 4. The molecule has 1 aliphatic heterocycles. The second kappa shape index (κ2) is 9.90. The number of aromatic nitrogens is 3. The molecule has 0 spiro atoms. The van der Waals surface area contributed by atoms with Crippen molar-refractivity contribution in [2.45, 2.75) is 25.0 Å². The van der Waals surface area contributed by atoms with Crippen LogP contribution in [0.4, 0.5) is 5.95 Å². The number of anilines is 1. The number of thioether (sulfide) groups is 1. The van der Waals surface area contributed by atoms with E-state index in [1.165, 1.54) is 11.8 Å². The number of amides is 1. The molecule has 9 heteroatoms.